The van der Waals surface area contributed by atoms with Crippen LogP contribution < -0.4 is 10.6 Å². The molecular weight excluding hydrogens is 445 g/mol. The summed E-state index contributed by atoms with van der Waals surface area (Å²) in [4.78, 5) is 27.0. The Bertz CT molecular complexity index is 1090. The first kappa shape index (κ1) is 20.6. The van der Waals surface area contributed by atoms with Crippen LogP contribution in [0.1, 0.15) is 33.7 Å². The lowest BCUT2D eigenvalue weighted by Crippen LogP contribution is -2.34. The van der Waals surface area contributed by atoms with Crippen LogP contribution in [0.2, 0.25) is 10.0 Å². The maximum Gasteiger partial charge on any atom is 0.322 e. The first-order chi connectivity index (χ1) is 14.5. The van der Waals surface area contributed by atoms with Crippen LogP contribution in [0.5, 0.6) is 0 Å². The number of rotatable bonds is 4. The van der Waals surface area contributed by atoms with Crippen molar-refractivity contribution in [1.82, 2.24) is 15.1 Å². The molecule has 0 aliphatic carbocycles. The third-order valence-corrected chi connectivity index (χ3v) is 6.22. The van der Waals surface area contributed by atoms with Crippen LogP contribution in [-0.4, -0.2) is 33.6 Å². The van der Waals surface area contributed by atoms with E-state index in [-0.39, 0.29) is 23.0 Å². The molecule has 1 fully saturated rings. The molecule has 2 N–H and O–H groups in total. The molecule has 3 aromatic rings. The molecular formula is C20H17Cl2N5O2S. The molecule has 1 aliphatic rings. The third-order valence-electron chi connectivity index (χ3n) is 4.63. The van der Waals surface area contributed by atoms with Gasteiger partial charge in [0.25, 0.3) is 5.91 Å². The molecule has 7 nitrogen and oxygen atoms in total. The van der Waals surface area contributed by atoms with Crippen LogP contribution >= 0.6 is 34.5 Å². The second kappa shape index (κ2) is 8.99. The van der Waals surface area contributed by atoms with Gasteiger partial charge in [-0.05, 0) is 43.2 Å². The fourth-order valence-electron chi connectivity index (χ4n) is 3.23. The third kappa shape index (κ3) is 4.56. The van der Waals surface area contributed by atoms with E-state index in [0.29, 0.717) is 33.0 Å². The minimum Gasteiger partial charge on any atom is -0.320 e. The van der Waals surface area contributed by atoms with Crippen molar-refractivity contribution in [2.24, 2.45) is 0 Å². The van der Waals surface area contributed by atoms with Gasteiger partial charge in [-0.25, -0.2) is 4.79 Å². The SMILES string of the molecule is O=C(Nc1cccc(Cl)c1)c1nnc([C@@H]2CCCN2C(=O)Nc2ccccc2Cl)s1. The summed E-state index contributed by atoms with van der Waals surface area (Å²) in [5, 5.41) is 15.6. The average Bonchev–Trinajstić information content (AvgIpc) is 3.39. The zero-order chi connectivity index (χ0) is 21.1. The summed E-state index contributed by atoms with van der Waals surface area (Å²) in [6, 6.07) is 13.4. The zero-order valence-electron chi connectivity index (χ0n) is 15.6. The van der Waals surface area contributed by atoms with E-state index >= 15 is 0 Å². The number of aromatic nitrogens is 2. The molecule has 0 saturated carbocycles. The van der Waals surface area contributed by atoms with Gasteiger partial charge in [0.1, 0.15) is 5.01 Å². The van der Waals surface area contributed by atoms with Gasteiger partial charge in [-0.15, -0.1) is 10.2 Å². The average molecular weight is 462 g/mol. The molecule has 0 spiro atoms. The van der Waals surface area contributed by atoms with Crippen molar-refractivity contribution in [3.8, 4) is 0 Å². The number of urea groups is 1. The van der Waals surface area contributed by atoms with Crippen LogP contribution in [0.15, 0.2) is 48.5 Å². The van der Waals surface area contributed by atoms with Gasteiger partial charge in [0.2, 0.25) is 5.01 Å². The van der Waals surface area contributed by atoms with Gasteiger partial charge in [0.15, 0.2) is 0 Å². The lowest BCUT2D eigenvalue weighted by atomic mass is 10.2. The second-order valence-corrected chi connectivity index (χ2v) is 8.52. The number of carbonyl (C=O) groups is 2. The van der Waals surface area contributed by atoms with Crippen molar-refractivity contribution in [2.75, 3.05) is 17.2 Å². The number of likely N-dealkylation sites (tertiary alicyclic amines) is 1. The number of benzene rings is 2. The quantitative estimate of drug-likeness (QED) is 0.539. The normalized spacial score (nSPS) is 15.8. The fourth-order valence-corrected chi connectivity index (χ4v) is 4.49. The van der Waals surface area contributed by atoms with Crippen LogP contribution in [0.3, 0.4) is 0 Å². The largest absolute Gasteiger partial charge is 0.322 e. The Morgan fingerprint density at radius 1 is 1.07 bits per heavy atom. The number of nitrogens with one attached hydrogen (secondary N) is 2. The van der Waals surface area contributed by atoms with Crippen molar-refractivity contribution in [1.29, 1.82) is 0 Å². The molecule has 3 amide bonds. The Kier molecular flexibility index (Phi) is 6.17. The minimum absolute atomic E-state index is 0.225. The predicted molar refractivity (Wildman–Crippen MR) is 118 cm³/mol. The van der Waals surface area contributed by atoms with E-state index in [1.54, 1.807) is 53.4 Å². The molecule has 0 bridgehead atoms. The molecule has 1 atom stereocenters. The van der Waals surface area contributed by atoms with E-state index in [1.165, 1.54) is 11.3 Å². The molecule has 2 aromatic carbocycles. The van der Waals surface area contributed by atoms with E-state index < -0.39 is 0 Å². The second-order valence-electron chi connectivity index (χ2n) is 6.67. The van der Waals surface area contributed by atoms with Gasteiger partial charge in [0.05, 0.1) is 16.8 Å². The molecule has 1 saturated heterocycles. The minimum atomic E-state index is -0.369. The van der Waals surface area contributed by atoms with Gasteiger partial charge >= 0.3 is 6.03 Å². The molecule has 1 aromatic heterocycles. The van der Waals surface area contributed by atoms with E-state index in [0.717, 1.165) is 12.8 Å². The lowest BCUT2D eigenvalue weighted by molar-refractivity contribution is 0.102. The summed E-state index contributed by atoms with van der Waals surface area (Å²) in [7, 11) is 0. The zero-order valence-corrected chi connectivity index (χ0v) is 18.0. The summed E-state index contributed by atoms with van der Waals surface area (Å²) >= 11 is 13.3. The summed E-state index contributed by atoms with van der Waals surface area (Å²) < 4.78 is 0. The number of nitrogens with zero attached hydrogens (tertiary/aromatic N) is 3. The Morgan fingerprint density at radius 2 is 1.90 bits per heavy atom. The molecule has 154 valence electrons. The van der Waals surface area contributed by atoms with E-state index in [4.69, 9.17) is 23.2 Å². The van der Waals surface area contributed by atoms with E-state index in [1.807, 2.05) is 0 Å². The molecule has 0 unspecified atom stereocenters. The Balaban J connectivity index is 1.46. The van der Waals surface area contributed by atoms with Crippen molar-refractivity contribution in [3.63, 3.8) is 0 Å². The molecule has 30 heavy (non-hydrogen) atoms. The highest BCUT2D eigenvalue weighted by molar-refractivity contribution is 7.13. The van der Waals surface area contributed by atoms with Gasteiger partial charge in [-0.3, -0.25) is 4.79 Å². The molecule has 1 aliphatic heterocycles. The number of amides is 3. The Hall–Kier alpha value is -2.68. The van der Waals surface area contributed by atoms with Gasteiger partial charge in [-0.2, -0.15) is 0 Å². The fraction of sp³-hybridized carbons (Fsp3) is 0.200. The number of carbonyl (C=O) groups excluding carboxylic acids is 2. The van der Waals surface area contributed by atoms with Crippen molar-refractivity contribution < 1.29 is 9.59 Å². The van der Waals surface area contributed by atoms with Crippen LogP contribution in [0.25, 0.3) is 0 Å². The molecule has 0 radical (unpaired) electrons. The summed E-state index contributed by atoms with van der Waals surface area (Å²) in [5.41, 5.74) is 1.12. The lowest BCUT2D eigenvalue weighted by Gasteiger charge is -2.23. The highest BCUT2D eigenvalue weighted by atomic mass is 35.5. The summed E-state index contributed by atoms with van der Waals surface area (Å²) in [6.07, 6.45) is 1.59. The number of halogens is 2. The van der Waals surface area contributed by atoms with Gasteiger partial charge in [-0.1, -0.05) is 52.7 Å². The highest BCUT2D eigenvalue weighted by Crippen LogP contribution is 2.34. The summed E-state index contributed by atoms with van der Waals surface area (Å²) in [5.74, 6) is -0.369. The number of para-hydroxylation sites is 1. The monoisotopic (exact) mass is 461 g/mol. The first-order valence-corrected chi connectivity index (χ1v) is 10.8. The van der Waals surface area contributed by atoms with Crippen LogP contribution in [-0.2, 0) is 0 Å². The molecule has 10 heteroatoms. The predicted octanol–water partition coefficient (Wildman–Crippen LogP) is 5.47. The molecule has 4 rings (SSSR count). The van der Waals surface area contributed by atoms with Crippen LogP contribution in [0.4, 0.5) is 16.2 Å². The maximum atomic E-state index is 12.8. The van der Waals surface area contributed by atoms with Crippen LogP contribution in [0, 0.1) is 0 Å². The van der Waals surface area contributed by atoms with Crippen molar-refractivity contribution in [3.05, 3.63) is 68.6 Å². The standard InChI is InChI=1S/C20H17Cl2N5O2S/c21-12-5-3-6-13(11-12)23-17(28)19-26-25-18(30-19)16-9-4-10-27(16)20(29)24-15-8-2-1-7-14(15)22/h1-3,5-8,11,16H,4,9-10H2,(H,23,28)(H,24,29)/t16-/m0/s1. The Morgan fingerprint density at radius 3 is 2.70 bits per heavy atom. The number of hydrogen-bond acceptors (Lipinski definition) is 5. The first-order valence-electron chi connectivity index (χ1n) is 9.24. The smallest absolute Gasteiger partial charge is 0.320 e. The van der Waals surface area contributed by atoms with Crippen molar-refractivity contribution >= 4 is 57.9 Å². The molecule has 2 heterocycles. The summed E-state index contributed by atoms with van der Waals surface area (Å²) in [6.45, 7) is 0.588. The number of hydrogen-bond donors (Lipinski definition) is 2. The van der Waals surface area contributed by atoms with Gasteiger partial charge < -0.3 is 15.5 Å². The highest BCUT2D eigenvalue weighted by Gasteiger charge is 2.33. The number of anilines is 2. The van der Waals surface area contributed by atoms with Crippen molar-refractivity contribution in [2.45, 2.75) is 18.9 Å². The topological polar surface area (TPSA) is 87.2 Å². The maximum absolute atomic E-state index is 12.8. The van der Waals surface area contributed by atoms with E-state index in [9.17, 15) is 9.59 Å². The van der Waals surface area contributed by atoms with E-state index in [2.05, 4.69) is 20.8 Å². The Labute approximate surface area is 187 Å². The van der Waals surface area contributed by atoms with Gasteiger partial charge in [0, 0.05) is 17.3 Å².